The molecule has 0 unspecified atom stereocenters. The van der Waals surface area contributed by atoms with Gasteiger partial charge in [0.2, 0.25) is 0 Å². The number of hydrogen-bond donors (Lipinski definition) is 1. The number of fused-ring (bicyclic) bond motifs is 9. The molecule has 0 aliphatic carbocycles. The van der Waals surface area contributed by atoms with E-state index in [1.165, 1.54) is 32.3 Å². The molecule has 0 spiro atoms. The highest BCUT2D eigenvalue weighted by Gasteiger charge is 2.15. The smallest absolute Gasteiger partial charge is 0.145 e. The summed E-state index contributed by atoms with van der Waals surface area (Å²) in [5.41, 5.74) is 4.18. The lowest BCUT2D eigenvalue weighted by Gasteiger charge is -2.00. The van der Waals surface area contributed by atoms with Crippen molar-refractivity contribution in [3.8, 4) is 0 Å². The van der Waals surface area contributed by atoms with Crippen LogP contribution in [-0.2, 0) is 0 Å². The zero-order valence-electron chi connectivity index (χ0n) is 12.8. The lowest BCUT2D eigenvalue weighted by molar-refractivity contribution is 0.673. The summed E-state index contributed by atoms with van der Waals surface area (Å²) in [5.74, 6) is 0. The van der Waals surface area contributed by atoms with Gasteiger partial charge in [-0.15, -0.1) is 0 Å². The standard InChI is InChI=1S/C22H13NO/c1-2-6-14-13(5-1)9-11-17-20(14)21-18(23-17)12-10-16-15-7-3-4-8-19(15)24-22(16)21/h1-12,23H. The monoisotopic (exact) mass is 307 g/mol. The molecule has 6 rings (SSSR count). The summed E-state index contributed by atoms with van der Waals surface area (Å²) < 4.78 is 6.26. The highest BCUT2D eigenvalue weighted by molar-refractivity contribution is 6.28. The molecule has 24 heavy (non-hydrogen) atoms. The molecule has 112 valence electrons. The Balaban J connectivity index is 1.97. The summed E-state index contributed by atoms with van der Waals surface area (Å²) in [6.07, 6.45) is 0. The minimum absolute atomic E-state index is 0.939. The average Bonchev–Trinajstić information content (AvgIpc) is 3.19. The Labute approximate surface area is 137 Å². The molecule has 2 heteroatoms. The van der Waals surface area contributed by atoms with E-state index < -0.39 is 0 Å². The van der Waals surface area contributed by atoms with Gasteiger partial charge in [0.1, 0.15) is 11.2 Å². The van der Waals surface area contributed by atoms with Crippen molar-refractivity contribution in [1.82, 2.24) is 4.98 Å². The van der Waals surface area contributed by atoms with Crippen LogP contribution in [-0.4, -0.2) is 4.98 Å². The second kappa shape index (κ2) is 4.18. The van der Waals surface area contributed by atoms with E-state index in [2.05, 4.69) is 65.6 Å². The predicted octanol–water partition coefficient (Wildman–Crippen LogP) is 6.37. The van der Waals surface area contributed by atoms with Crippen LogP contribution in [0.3, 0.4) is 0 Å². The lowest BCUT2D eigenvalue weighted by Crippen LogP contribution is -1.74. The Morgan fingerprint density at radius 1 is 0.583 bits per heavy atom. The molecule has 0 fully saturated rings. The normalized spacial score (nSPS) is 12.2. The molecule has 0 saturated heterocycles. The number of aromatic amines is 1. The average molecular weight is 307 g/mol. The van der Waals surface area contributed by atoms with Crippen LogP contribution >= 0.6 is 0 Å². The van der Waals surface area contributed by atoms with Crippen molar-refractivity contribution in [3.63, 3.8) is 0 Å². The van der Waals surface area contributed by atoms with Gasteiger partial charge in [-0.2, -0.15) is 0 Å². The first-order valence-corrected chi connectivity index (χ1v) is 8.13. The van der Waals surface area contributed by atoms with E-state index in [-0.39, 0.29) is 0 Å². The molecule has 4 aromatic carbocycles. The molecule has 0 atom stereocenters. The Kier molecular flexibility index (Phi) is 2.12. The fraction of sp³-hybridized carbons (Fsp3) is 0. The molecule has 0 bridgehead atoms. The number of hydrogen-bond acceptors (Lipinski definition) is 1. The van der Waals surface area contributed by atoms with Gasteiger partial charge in [-0.3, -0.25) is 0 Å². The number of nitrogens with one attached hydrogen (secondary N) is 1. The highest BCUT2D eigenvalue weighted by atomic mass is 16.3. The molecule has 0 aliphatic rings. The minimum Gasteiger partial charge on any atom is -0.455 e. The van der Waals surface area contributed by atoms with Gasteiger partial charge < -0.3 is 9.40 Å². The Morgan fingerprint density at radius 3 is 2.29 bits per heavy atom. The van der Waals surface area contributed by atoms with Gasteiger partial charge >= 0.3 is 0 Å². The summed E-state index contributed by atoms with van der Waals surface area (Å²) in [5, 5.41) is 7.27. The van der Waals surface area contributed by atoms with Gasteiger partial charge in [-0.25, -0.2) is 0 Å². The Bertz CT molecular complexity index is 1400. The molecular weight excluding hydrogens is 294 g/mol. The molecule has 2 heterocycles. The second-order valence-electron chi connectivity index (χ2n) is 6.30. The minimum atomic E-state index is 0.939. The zero-order valence-corrected chi connectivity index (χ0v) is 12.8. The van der Waals surface area contributed by atoms with Gasteiger partial charge in [-0.1, -0.05) is 48.5 Å². The van der Waals surface area contributed by atoms with Gasteiger partial charge in [0, 0.05) is 21.7 Å². The van der Waals surface area contributed by atoms with Crippen LogP contribution < -0.4 is 0 Å². The lowest BCUT2D eigenvalue weighted by atomic mass is 10.0. The quantitative estimate of drug-likeness (QED) is 0.347. The fourth-order valence-electron chi connectivity index (χ4n) is 3.93. The van der Waals surface area contributed by atoms with Gasteiger partial charge in [-0.05, 0) is 35.0 Å². The summed E-state index contributed by atoms with van der Waals surface area (Å²) in [4.78, 5) is 3.55. The topological polar surface area (TPSA) is 28.9 Å². The van der Waals surface area contributed by atoms with Gasteiger partial charge in [0.15, 0.2) is 0 Å². The maximum absolute atomic E-state index is 6.26. The molecule has 2 nitrogen and oxygen atoms in total. The van der Waals surface area contributed by atoms with Gasteiger partial charge in [0.05, 0.1) is 10.9 Å². The largest absolute Gasteiger partial charge is 0.455 e. The van der Waals surface area contributed by atoms with Crippen LogP contribution in [0, 0.1) is 0 Å². The van der Waals surface area contributed by atoms with Crippen molar-refractivity contribution in [2.24, 2.45) is 0 Å². The van der Waals surface area contributed by atoms with Crippen molar-refractivity contribution >= 4 is 54.5 Å². The molecule has 1 N–H and O–H groups in total. The maximum atomic E-state index is 6.26. The predicted molar refractivity (Wildman–Crippen MR) is 101 cm³/mol. The van der Waals surface area contributed by atoms with Gasteiger partial charge in [0.25, 0.3) is 0 Å². The van der Waals surface area contributed by atoms with E-state index in [1.54, 1.807) is 0 Å². The summed E-state index contributed by atoms with van der Waals surface area (Å²) >= 11 is 0. The maximum Gasteiger partial charge on any atom is 0.145 e. The van der Waals surface area contributed by atoms with E-state index in [4.69, 9.17) is 4.42 Å². The molecular formula is C22H13NO. The van der Waals surface area contributed by atoms with E-state index in [1.807, 2.05) is 12.1 Å². The van der Waals surface area contributed by atoms with E-state index in [0.29, 0.717) is 0 Å². The van der Waals surface area contributed by atoms with Crippen molar-refractivity contribution in [3.05, 3.63) is 72.8 Å². The number of benzene rings is 4. The summed E-state index contributed by atoms with van der Waals surface area (Å²) in [7, 11) is 0. The van der Waals surface area contributed by atoms with E-state index >= 15 is 0 Å². The van der Waals surface area contributed by atoms with E-state index in [0.717, 1.165) is 22.2 Å². The second-order valence-corrected chi connectivity index (χ2v) is 6.30. The number of furan rings is 1. The Morgan fingerprint density at radius 2 is 1.33 bits per heavy atom. The van der Waals surface area contributed by atoms with Crippen LogP contribution in [0.25, 0.3) is 54.5 Å². The third kappa shape index (κ3) is 1.41. The number of H-pyrrole nitrogens is 1. The van der Waals surface area contributed by atoms with Crippen LogP contribution in [0.2, 0.25) is 0 Å². The van der Waals surface area contributed by atoms with Crippen LogP contribution in [0.1, 0.15) is 0 Å². The number of aromatic nitrogens is 1. The van der Waals surface area contributed by atoms with Crippen molar-refractivity contribution in [2.75, 3.05) is 0 Å². The first-order valence-electron chi connectivity index (χ1n) is 8.13. The molecule has 0 radical (unpaired) electrons. The van der Waals surface area contributed by atoms with Crippen LogP contribution in [0.15, 0.2) is 77.2 Å². The first kappa shape index (κ1) is 12.2. The fourth-order valence-corrected chi connectivity index (χ4v) is 3.93. The first-order chi connectivity index (χ1) is 11.9. The third-order valence-electron chi connectivity index (χ3n) is 5.00. The van der Waals surface area contributed by atoms with Crippen molar-refractivity contribution in [2.45, 2.75) is 0 Å². The molecule has 0 aliphatic heterocycles. The van der Waals surface area contributed by atoms with Crippen molar-refractivity contribution < 1.29 is 4.42 Å². The van der Waals surface area contributed by atoms with Crippen molar-refractivity contribution in [1.29, 1.82) is 0 Å². The number of rotatable bonds is 0. The molecule has 0 amide bonds. The molecule has 0 saturated carbocycles. The zero-order chi connectivity index (χ0) is 15.7. The van der Waals surface area contributed by atoms with E-state index in [9.17, 15) is 0 Å². The van der Waals surface area contributed by atoms with Crippen LogP contribution in [0.4, 0.5) is 0 Å². The Hall–Kier alpha value is -3.26. The number of para-hydroxylation sites is 1. The SMILES string of the molecule is c1ccc2c(c1)ccc1[nH]c3ccc4c5ccccc5oc4c3c12. The highest BCUT2D eigenvalue weighted by Crippen LogP contribution is 2.39. The summed E-state index contributed by atoms with van der Waals surface area (Å²) in [6, 6.07) is 25.4. The van der Waals surface area contributed by atoms with Crippen LogP contribution in [0.5, 0.6) is 0 Å². The third-order valence-corrected chi connectivity index (χ3v) is 5.00. The molecule has 6 aromatic rings. The molecule has 2 aromatic heterocycles. The summed E-state index contributed by atoms with van der Waals surface area (Å²) in [6.45, 7) is 0.